The minimum Gasteiger partial charge on any atom is -0.329 e. The van der Waals surface area contributed by atoms with Gasteiger partial charge < -0.3 is 5.73 Å². The molecule has 2 heteroatoms. The van der Waals surface area contributed by atoms with Crippen LogP contribution in [0.1, 0.15) is 51.4 Å². The SMILES string of the molecule is NCCN1CCCC12CCCCCC2. The van der Waals surface area contributed by atoms with Gasteiger partial charge >= 0.3 is 0 Å². The molecule has 14 heavy (non-hydrogen) atoms. The second-order valence-electron chi connectivity index (χ2n) is 5.02. The molecule has 82 valence electrons. The van der Waals surface area contributed by atoms with Crippen LogP contribution in [0.25, 0.3) is 0 Å². The van der Waals surface area contributed by atoms with Crippen LogP contribution in [0, 0.1) is 0 Å². The van der Waals surface area contributed by atoms with Crippen molar-refractivity contribution in [2.24, 2.45) is 5.73 Å². The van der Waals surface area contributed by atoms with E-state index in [9.17, 15) is 0 Å². The molecule has 2 nitrogen and oxygen atoms in total. The van der Waals surface area contributed by atoms with Crippen LogP contribution in [0.5, 0.6) is 0 Å². The summed E-state index contributed by atoms with van der Waals surface area (Å²) in [6, 6.07) is 0. The summed E-state index contributed by atoms with van der Waals surface area (Å²) in [4.78, 5) is 2.69. The van der Waals surface area contributed by atoms with E-state index in [4.69, 9.17) is 5.73 Å². The number of hydrogen-bond acceptors (Lipinski definition) is 2. The topological polar surface area (TPSA) is 29.3 Å². The molecule has 0 aromatic carbocycles. The van der Waals surface area contributed by atoms with Crippen molar-refractivity contribution in [1.82, 2.24) is 4.90 Å². The maximum Gasteiger partial charge on any atom is 0.0210 e. The second-order valence-corrected chi connectivity index (χ2v) is 5.02. The second kappa shape index (κ2) is 4.63. The van der Waals surface area contributed by atoms with Gasteiger partial charge in [0.25, 0.3) is 0 Å². The summed E-state index contributed by atoms with van der Waals surface area (Å²) in [6.45, 7) is 3.26. The molecule has 1 saturated carbocycles. The highest BCUT2D eigenvalue weighted by Gasteiger charge is 2.39. The van der Waals surface area contributed by atoms with Crippen LogP contribution < -0.4 is 5.73 Å². The molecule has 0 bridgehead atoms. The molecule has 2 aliphatic rings. The normalized spacial score (nSPS) is 28.1. The Kier molecular flexibility index (Phi) is 3.45. The van der Waals surface area contributed by atoms with E-state index in [1.54, 1.807) is 0 Å². The van der Waals surface area contributed by atoms with E-state index < -0.39 is 0 Å². The van der Waals surface area contributed by atoms with E-state index in [0.717, 1.165) is 13.1 Å². The maximum absolute atomic E-state index is 5.70. The Morgan fingerprint density at radius 3 is 2.21 bits per heavy atom. The molecule has 1 aliphatic heterocycles. The summed E-state index contributed by atoms with van der Waals surface area (Å²) in [5, 5.41) is 0. The van der Waals surface area contributed by atoms with E-state index in [-0.39, 0.29) is 0 Å². The first-order chi connectivity index (χ1) is 6.87. The van der Waals surface area contributed by atoms with Gasteiger partial charge in [-0.15, -0.1) is 0 Å². The Morgan fingerprint density at radius 2 is 1.57 bits per heavy atom. The zero-order chi connectivity index (χ0) is 9.86. The van der Waals surface area contributed by atoms with Crippen LogP contribution in [-0.4, -0.2) is 30.1 Å². The first kappa shape index (κ1) is 10.4. The summed E-state index contributed by atoms with van der Waals surface area (Å²) in [5.41, 5.74) is 6.27. The standard InChI is InChI=1S/C12H24N2/c13-9-11-14-10-5-8-12(14)6-3-1-2-4-7-12/h1-11,13H2. The highest BCUT2D eigenvalue weighted by molar-refractivity contribution is 4.96. The molecule has 2 fully saturated rings. The van der Waals surface area contributed by atoms with Crippen LogP contribution in [0.3, 0.4) is 0 Å². The number of hydrogen-bond donors (Lipinski definition) is 1. The van der Waals surface area contributed by atoms with Gasteiger partial charge in [0, 0.05) is 18.6 Å². The van der Waals surface area contributed by atoms with Gasteiger partial charge in [0.05, 0.1) is 0 Å². The van der Waals surface area contributed by atoms with E-state index in [2.05, 4.69) is 4.90 Å². The molecule has 2 rings (SSSR count). The number of rotatable bonds is 2. The van der Waals surface area contributed by atoms with E-state index in [1.807, 2.05) is 0 Å². The van der Waals surface area contributed by atoms with E-state index >= 15 is 0 Å². The van der Waals surface area contributed by atoms with Crippen molar-refractivity contribution in [3.8, 4) is 0 Å². The Labute approximate surface area is 87.8 Å². The number of likely N-dealkylation sites (tertiary alicyclic amines) is 1. The predicted octanol–water partition coefficient (Wildman–Crippen LogP) is 2.13. The number of nitrogens with two attached hydrogens (primary N) is 1. The summed E-state index contributed by atoms with van der Waals surface area (Å²) >= 11 is 0. The highest BCUT2D eigenvalue weighted by atomic mass is 15.2. The lowest BCUT2D eigenvalue weighted by Crippen LogP contribution is -2.45. The Morgan fingerprint density at radius 1 is 0.929 bits per heavy atom. The molecular formula is C12H24N2. The van der Waals surface area contributed by atoms with Gasteiger partial charge in [-0.05, 0) is 32.2 Å². The lowest BCUT2D eigenvalue weighted by atomic mass is 9.87. The molecule has 0 amide bonds. The van der Waals surface area contributed by atoms with Crippen LogP contribution in [-0.2, 0) is 0 Å². The van der Waals surface area contributed by atoms with Gasteiger partial charge in [-0.25, -0.2) is 0 Å². The fraction of sp³-hybridized carbons (Fsp3) is 1.00. The fourth-order valence-electron chi connectivity index (χ4n) is 3.45. The lowest BCUT2D eigenvalue weighted by molar-refractivity contribution is 0.122. The highest BCUT2D eigenvalue weighted by Crippen LogP contribution is 2.40. The van der Waals surface area contributed by atoms with Gasteiger partial charge in [-0.3, -0.25) is 4.90 Å². The smallest absolute Gasteiger partial charge is 0.0210 e. The average molecular weight is 196 g/mol. The molecule has 1 heterocycles. The van der Waals surface area contributed by atoms with Crippen molar-refractivity contribution < 1.29 is 0 Å². The first-order valence-electron chi connectivity index (χ1n) is 6.32. The lowest BCUT2D eigenvalue weighted by Gasteiger charge is -2.38. The van der Waals surface area contributed by atoms with Crippen molar-refractivity contribution in [2.45, 2.75) is 56.9 Å². The predicted molar refractivity (Wildman–Crippen MR) is 60.3 cm³/mol. The molecule has 0 aromatic heterocycles. The molecule has 2 N–H and O–H groups in total. The third-order valence-electron chi connectivity index (χ3n) is 4.17. The van der Waals surface area contributed by atoms with Crippen LogP contribution >= 0.6 is 0 Å². The molecule has 1 aliphatic carbocycles. The molecule has 0 unspecified atom stereocenters. The van der Waals surface area contributed by atoms with Gasteiger partial charge in [-0.2, -0.15) is 0 Å². The van der Waals surface area contributed by atoms with Gasteiger partial charge in [-0.1, -0.05) is 25.7 Å². The Hall–Kier alpha value is -0.0800. The molecular weight excluding hydrogens is 172 g/mol. The van der Waals surface area contributed by atoms with Crippen LogP contribution in [0.2, 0.25) is 0 Å². The first-order valence-corrected chi connectivity index (χ1v) is 6.32. The zero-order valence-corrected chi connectivity index (χ0v) is 9.30. The minimum absolute atomic E-state index is 0.579. The van der Waals surface area contributed by atoms with Crippen LogP contribution in [0.4, 0.5) is 0 Å². The van der Waals surface area contributed by atoms with E-state index in [0.29, 0.717) is 5.54 Å². The van der Waals surface area contributed by atoms with Crippen molar-refractivity contribution >= 4 is 0 Å². The molecule has 1 spiro atoms. The Balaban J connectivity index is 2.02. The Bertz CT molecular complexity index is 171. The molecule has 0 atom stereocenters. The van der Waals surface area contributed by atoms with Gasteiger partial charge in [0.2, 0.25) is 0 Å². The van der Waals surface area contributed by atoms with Crippen molar-refractivity contribution in [3.63, 3.8) is 0 Å². The third-order valence-corrected chi connectivity index (χ3v) is 4.17. The van der Waals surface area contributed by atoms with Gasteiger partial charge in [0.1, 0.15) is 0 Å². The van der Waals surface area contributed by atoms with Crippen molar-refractivity contribution in [1.29, 1.82) is 0 Å². The minimum atomic E-state index is 0.579. The summed E-state index contributed by atoms with van der Waals surface area (Å²) in [7, 11) is 0. The number of nitrogens with zero attached hydrogens (tertiary/aromatic N) is 1. The largest absolute Gasteiger partial charge is 0.329 e. The summed E-state index contributed by atoms with van der Waals surface area (Å²) in [6.07, 6.45) is 11.5. The molecule has 0 aromatic rings. The average Bonchev–Trinajstić information content (AvgIpc) is 2.44. The van der Waals surface area contributed by atoms with Crippen molar-refractivity contribution in [3.05, 3.63) is 0 Å². The zero-order valence-electron chi connectivity index (χ0n) is 9.30. The van der Waals surface area contributed by atoms with Crippen molar-refractivity contribution in [2.75, 3.05) is 19.6 Å². The maximum atomic E-state index is 5.70. The van der Waals surface area contributed by atoms with Gasteiger partial charge in [0.15, 0.2) is 0 Å². The monoisotopic (exact) mass is 196 g/mol. The third kappa shape index (κ3) is 1.96. The van der Waals surface area contributed by atoms with Crippen LogP contribution in [0.15, 0.2) is 0 Å². The summed E-state index contributed by atoms with van der Waals surface area (Å²) < 4.78 is 0. The quantitative estimate of drug-likeness (QED) is 0.733. The van der Waals surface area contributed by atoms with E-state index in [1.165, 1.54) is 57.9 Å². The fourth-order valence-corrected chi connectivity index (χ4v) is 3.45. The molecule has 1 saturated heterocycles. The molecule has 0 radical (unpaired) electrons. The summed E-state index contributed by atoms with van der Waals surface area (Å²) in [5.74, 6) is 0.